The van der Waals surface area contributed by atoms with Gasteiger partial charge in [0.2, 0.25) is 6.79 Å². The minimum atomic E-state index is 0.182. The molecule has 25 heavy (non-hydrogen) atoms. The van der Waals surface area contributed by atoms with Crippen molar-refractivity contribution in [3.05, 3.63) is 47.5 Å². The highest BCUT2D eigenvalue weighted by atomic mass is 16.7. The van der Waals surface area contributed by atoms with E-state index in [2.05, 4.69) is 26.0 Å². The third-order valence-corrected chi connectivity index (χ3v) is 4.59. The predicted molar refractivity (Wildman–Crippen MR) is 98.1 cm³/mol. The van der Waals surface area contributed by atoms with E-state index in [9.17, 15) is 0 Å². The molecular formula is C21H26O4. The summed E-state index contributed by atoms with van der Waals surface area (Å²) in [6.45, 7) is 5.36. The van der Waals surface area contributed by atoms with Crippen LogP contribution in [0.4, 0.5) is 0 Å². The van der Waals surface area contributed by atoms with Crippen LogP contribution in [-0.2, 0) is 0 Å². The molecule has 2 aromatic carbocycles. The summed E-state index contributed by atoms with van der Waals surface area (Å²) in [6, 6.07) is 12.2. The Hall–Kier alpha value is -2.36. The molecule has 1 heterocycles. The van der Waals surface area contributed by atoms with E-state index >= 15 is 0 Å². The first-order chi connectivity index (χ1) is 12.2. The van der Waals surface area contributed by atoms with Crippen molar-refractivity contribution in [2.45, 2.75) is 39.0 Å². The second-order valence-electron chi connectivity index (χ2n) is 6.29. The van der Waals surface area contributed by atoms with E-state index in [-0.39, 0.29) is 12.7 Å². The first-order valence-electron chi connectivity index (χ1n) is 8.93. The van der Waals surface area contributed by atoms with Gasteiger partial charge in [-0.05, 0) is 30.2 Å². The molecule has 0 saturated heterocycles. The van der Waals surface area contributed by atoms with E-state index in [0.717, 1.165) is 41.6 Å². The summed E-state index contributed by atoms with van der Waals surface area (Å²) < 4.78 is 22.4. The van der Waals surface area contributed by atoms with Crippen LogP contribution in [0, 0.1) is 0 Å². The number of hydrogen-bond donors (Lipinski definition) is 0. The van der Waals surface area contributed by atoms with Crippen LogP contribution >= 0.6 is 0 Å². The van der Waals surface area contributed by atoms with Crippen LogP contribution in [0.2, 0.25) is 0 Å². The lowest BCUT2D eigenvalue weighted by molar-refractivity contribution is 0.173. The van der Waals surface area contributed by atoms with Crippen LogP contribution in [0.25, 0.3) is 0 Å². The third kappa shape index (κ3) is 4.01. The largest absolute Gasteiger partial charge is 0.497 e. The summed E-state index contributed by atoms with van der Waals surface area (Å²) in [5.41, 5.74) is 2.32. The quantitative estimate of drug-likeness (QED) is 0.622. The molecule has 4 nitrogen and oxygen atoms in total. The number of fused-ring (bicyclic) bond motifs is 1. The number of rotatable bonds is 8. The minimum absolute atomic E-state index is 0.182. The number of benzene rings is 2. The number of hydrogen-bond acceptors (Lipinski definition) is 4. The van der Waals surface area contributed by atoms with Crippen LogP contribution in [0.1, 0.15) is 50.2 Å². The van der Waals surface area contributed by atoms with Crippen molar-refractivity contribution in [2.24, 2.45) is 0 Å². The highest BCUT2D eigenvalue weighted by molar-refractivity contribution is 5.54. The van der Waals surface area contributed by atoms with E-state index in [0.29, 0.717) is 0 Å². The van der Waals surface area contributed by atoms with Crippen LogP contribution in [0.15, 0.2) is 36.4 Å². The lowest BCUT2D eigenvalue weighted by Crippen LogP contribution is -2.04. The second-order valence-corrected chi connectivity index (χ2v) is 6.29. The van der Waals surface area contributed by atoms with Gasteiger partial charge < -0.3 is 18.9 Å². The van der Waals surface area contributed by atoms with Gasteiger partial charge >= 0.3 is 0 Å². The molecule has 1 atom stereocenters. The van der Waals surface area contributed by atoms with Crippen LogP contribution in [0.5, 0.6) is 23.0 Å². The summed E-state index contributed by atoms with van der Waals surface area (Å²) in [4.78, 5) is 0. The summed E-state index contributed by atoms with van der Waals surface area (Å²) in [6.07, 6.45) is 3.41. The molecule has 0 fully saturated rings. The Labute approximate surface area is 149 Å². The molecule has 1 aliphatic rings. The standard InChI is InChI=1S/C21H26O4/c1-4-5-6-11-23-19-13-21-20(24-14-25-21)12-18(19)15(2)16-7-9-17(22-3)10-8-16/h7-10,12-13,15H,4-6,11,14H2,1-3H3. The Morgan fingerprint density at radius 2 is 1.76 bits per heavy atom. The molecule has 0 amide bonds. The van der Waals surface area contributed by atoms with Crippen molar-refractivity contribution in [1.29, 1.82) is 0 Å². The van der Waals surface area contributed by atoms with E-state index in [4.69, 9.17) is 18.9 Å². The fraction of sp³-hybridized carbons (Fsp3) is 0.429. The highest BCUT2D eigenvalue weighted by Crippen LogP contribution is 2.42. The second kappa shape index (κ2) is 8.15. The van der Waals surface area contributed by atoms with Gasteiger partial charge in [-0.15, -0.1) is 0 Å². The van der Waals surface area contributed by atoms with E-state index < -0.39 is 0 Å². The molecular weight excluding hydrogens is 316 g/mol. The zero-order chi connectivity index (χ0) is 17.6. The van der Waals surface area contributed by atoms with Crippen molar-refractivity contribution in [3.63, 3.8) is 0 Å². The number of unbranched alkanes of at least 4 members (excludes halogenated alkanes) is 2. The Morgan fingerprint density at radius 3 is 2.44 bits per heavy atom. The first kappa shape index (κ1) is 17.5. The molecule has 1 aliphatic heterocycles. The molecule has 134 valence electrons. The summed E-state index contributed by atoms with van der Waals surface area (Å²) >= 11 is 0. The third-order valence-electron chi connectivity index (χ3n) is 4.59. The van der Waals surface area contributed by atoms with Crippen molar-refractivity contribution in [3.8, 4) is 23.0 Å². The van der Waals surface area contributed by atoms with Gasteiger partial charge in [-0.1, -0.05) is 38.8 Å². The molecule has 0 spiro atoms. The van der Waals surface area contributed by atoms with Gasteiger partial charge in [-0.25, -0.2) is 0 Å². The fourth-order valence-electron chi connectivity index (χ4n) is 3.01. The molecule has 0 N–H and O–H groups in total. The van der Waals surface area contributed by atoms with Crippen molar-refractivity contribution in [1.82, 2.24) is 0 Å². The zero-order valence-corrected chi connectivity index (χ0v) is 15.2. The maximum Gasteiger partial charge on any atom is 0.231 e. The monoisotopic (exact) mass is 342 g/mol. The van der Waals surface area contributed by atoms with E-state index in [1.54, 1.807) is 7.11 Å². The molecule has 2 aromatic rings. The summed E-state index contributed by atoms with van der Waals surface area (Å²) in [5, 5.41) is 0. The average molecular weight is 342 g/mol. The fourth-order valence-corrected chi connectivity index (χ4v) is 3.01. The normalized spacial score (nSPS) is 13.6. The smallest absolute Gasteiger partial charge is 0.231 e. The van der Waals surface area contributed by atoms with Gasteiger partial charge in [-0.2, -0.15) is 0 Å². The van der Waals surface area contributed by atoms with E-state index in [1.807, 2.05) is 24.3 Å². The van der Waals surface area contributed by atoms with Crippen LogP contribution in [0.3, 0.4) is 0 Å². The highest BCUT2D eigenvalue weighted by Gasteiger charge is 2.22. The summed E-state index contributed by atoms with van der Waals surface area (Å²) in [5.74, 6) is 3.47. The maximum absolute atomic E-state index is 6.09. The maximum atomic E-state index is 6.09. The van der Waals surface area contributed by atoms with E-state index in [1.165, 1.54) is 18.4 Å². The zero-order valence-electron chi connectivity index (χ0n) is 15.2. The topological polar surface area (TPSA) is 36.9 Å². The Bertz CT molecular complexity index is 694. The Morgan fingerprint density at radius 1 is 1.04 bits per heavy atom. The van der Waals surface area contributed by atoms with Crippen molar-refractivity contribution >= 4 is 0 Å². The predicted octanol–water partition coefficient (Wildman–Crippen LogP) is 5.14. The van der Waals surface area contributed by atoms with Crippen LogP contribution < -0.4 is 18.9 Å². The molecule has 0 aromatic heterocycles. The van der Waals surface area contributed by atoms with Gasteiger partial charge in [0.1, 0.15) is 11.5 Å². The Balaban J connectivity index is 1.86. The van der Waals surface area contributed by atoms with Crippen molar-refractivity contribution in [2.75, 3.05) is 20.5 Å². The number of ether oxygens (including phenoxy) is 4. The molecule has 0 aliphatic carbocycles. The molecule has 3 rings (SSSR count). The Kier molecular flexibility index (Phi) is 5.69. The summed E-state index contributed by atoms with van der Waals surface area (Å²) in [7, 11) is 1.68. The molecule has 0 saturated carbocycles. The lowest BCUT2D eigenvalue weighted by Gasteiger charge is -2.18. The van der Waals surface area contributed by atoms with Crippen LogP contribution in [-0.4, -0.2) is 20.5 Å². The van der Waals surface area contributed by atoms with Crippen molar-refractivity contribution < 1.29 is 18.9 Å². The first-order valence-corrected chi connectivity index (χ1v) is 8.93. The average Bonchev–Trinajstić information content (AvgIpc) is 3.11. The molecule has 4 heteroatoms. The van der Waals surface area contributed by atoms with Gasteiger partial charge in [0.05, 0.1) is 13.7 Å². The van der Waals surface area contributed by atoms with Gasteiger partial charge in [0, 0.05) is 17.5 Å². The molecule has 1 unspecified atom stereocenters. The SMILES string of the molecule is CCCCCOc1cc2c(cc1C(C)c1ccc(OC)cc1)OCO2. The molecule has 0 radical (unpaired) electrons. The minimum Gasteiger partial charge on any atom is -0.497 e. The van der Waals surface area contributed by atoms with Gasteiger partial charge in [-0.3, -0.25) is 0 Å². The molecule has 0 bridgehead atoms. The lowest BCUT2D eigenvalue weighted by atomic mass is 9.92. The van der Waals surface area contributed by atoms with Gasteiger partial charge in [0.25, 0.3) is 0 Å². The van der Waals surface area contributed by atoms with Gasteiger partial charge in [0.15, 0.2) is 11.5 Å². The number of methoxy groups -OCH3 is 1.